The maximum absolute atomic E-state index is 11.8. The van der Waals surface area contributed by atoms with Crippen molar-refractivity contribution in [1.82, 2.24) is 10.6 Å². The third-order valence-electron chi connectivity index (χ3n) is 4.13. The zero-order chi connectivity index (χ0) is 14.1. The van der Waals surface area contributed by atoms with E-state index in [0.717, 1.165) is 38.8 Å². The van der Waals surface area contributed by atoms with Gasteiger partial charge in [-0.3, -0.25) is 0 Å². The monoisotopic (exact) mass is 270 g/mol. The molecular weight excluding hydrogens is 244 g/mol. The van der Waals surface area contributed by atoms with Crippen LogP contribution in [0.5, 0.6) is 0 Å². The summed E-state index contributed by atoms with van der Waals surface area (Å²) in [5, 5.41) is 16.3. The Morgan fingerprint density at radius 3 is 2.53 bits per heavy atom. The van der Waals surface area contributed by atoms with Crippen LogP contribution in [-0.2, 0) is 4.74 Å². The highest BCUT2D eigenvalue weighted by atomic mass is 16.6. The molecule has 2 atom stereocenters. The van der Waals surface area contributed by atoms with Gasteiger partial charge in [-0.05, 0) is 65.0 Å². The van der Waals surface area contributed by atoms with Crippen molar-refractivity contribution < 1.29 is 14.6 Å². The van der Waals surface area contributed by atoms with E-state index in [1.165, 1.54) is 0 Å². The van der Waals surface area contributed by atoms with Crippen molar-refractivity contribution in [1.29, 1.82) is 0 Å². The lowest BCUT2D eigenvalue weighted by atomic mass is 9.77. The van der Waals surface area contributed by atoms with Crippen LogP contribution in [0.25, 0.3) is 0 Å². The summed E-state index contributed by atoms with van der Waals surface area (Å²) in [6.07, 6.45) is 2.92. The molecule has 2 fully saturated rings. The SMILES string of the molecule is CC(C)(C)OC(=O)NC1CC2(CCNCC2)CC1O. The minimum Gasteiger partial charge on any atom is -0.444 e. The number of nitrogens with one attached hydrogen (secondary N) is 2. The van der Waals surface area contributed by atoms with Crippen LogP contribution in [0, 0.1) is 5.41 Å². The maximum Gasteiger partial charge on any atom is 0.407 e. The van der Waals surface area contributed by atoms with Gasteiger partial charge >= 0.3 is 6.09 Å². The number of alkyl carbamates (subject to hydrolysis) is 1. The number of piperidine rings is 1. The van der Waals surface area contributed by atoms with Crippen LogP contribution in [0.15, 0.2) is 0 Å². The van der Waals surface area contributed by atoms with Crippen LogP contribution in [0.4, 0.5) is 4.79 Å². The number of hydrogen-bond donors (Lipinski definition) is 3. The lowest BCUT2D eigenvalue weighted by Gasteiger charge is -2.33. The molecule has 0 radical (unpaired) electrons. The van der Waals surface area contributed by atoms with E-state index in [9.17, 15) is 9.90 Å². The van der Waals surface area contributed by atoms with Gasteiger partial charge in [0.05, 0.1) is 12.1 Å². The number of carbonyl (C=O) groups excluding carboxylic acids is 1. The molecule has 2 aliphatic rings. The first kappa shape index (κ1) is 14.6. The zero-order valence-electron chi connectivity index (χ0n) is 12.2. The Balaban J connectivity index is 1.89. The van der Waals surface area contributed by atoms with Crippen LogP contribution in [-0.4, -0.2) is 42.0 Å². The molecule has 1 amide bonds. The van der Waals surface area contributed by atoms with Crippen molar-refractivity contribution >= 4 is 6.09 Å². The Kier molecular flexibility index (Phi) is 4.06. The Labute approximate surface area is 115 Å². The van der Waals surface area contributed by atoms with Gasteiger partial charge in [0, 0.05) is 0 Å². The molecule has 1 saturated carbocycles. The minimum absolute atomic E-state index is 0.173. The predicted molar refractivity (Wildman–Crippen MR) is 72.9 cm³/mol. The van der Waals surface area contributed by atoms with Gasteiger partial charge in [-0.25, -0.2) is 4.79 Å². The normalized spacial score (nSPS) is 30.3. The first-order valence-electron chi connectivity index (χ1n) is 7.18. The summed E-state index contributed by atoms with van der Waals surface area (Å²) in [5.41, 5.74) is -0.301. The van der Waals surface area contributed by atoms with Gasteiger partial charge in [0.2, 0.25) is 0 Å². The Hall–Kier alpha value is -0.810. The molecule has 1 aliphatic heterocycles. The van der Waals surface area contributed by atoms with E-state index in [1.807, 2.05) is 20.8 Å². The Morgan fingerprint density at radius 1 is 1.32 bits per heavy atom. The molecule has 0 aromatic rings. The van der Waals surface area contributed by atoms with Crippen molar-refractivity contribution in [3.8, 4) is 0 Å². The largest absolute Gasteiger partial charge is 0.444 e. The van der Waals surface area contributed by atoms with Crippen LogP contribution >= 0.6 is 0 Å². The highest BCUT2D eigenvalue weighted by molar-refractivity contribution is 5.68. The number of rotatable bonds is 1. The van der Waals surface area contributed by atoms with Gasteiger partial charge in [-0.1, -0.05) is 0 Å². The van der Waals surface area contributed by atoms with Crippen LogP contribution in [0.2, 0.25) is 0 Å². The average Bonchev–Trinajstić information content (AvgIpc) is 2.53. The highest BCUT2D eigenvalue weighted by Gasteiger charge is 2.45. The molecule has 1 aliphatic carbocycles. The third-order valence-corrected chi connectivity index (χ3v) is 4.13. The fourth-order valence-corrected chi connectivity index (χ4v) is 3.24. The van der Waals surface area contributed by atoms with E-state index >= 15 is 0 Å². The van der Waals surface area contributed by atoms with Crippen molar-refractivity contribution in [3.05, 3.63) is 0 Å². The van der Waals surface area contributed by atoms with Gasteiger partial charge < -0.3 is 20.5 Å². The molecule has 3 N–H and O–H groups in total. The fourth-order valence-electron chi connectivity index (χ4n) is 3.24. The molecule has 1 heterocycles. The van der Waals surface area contributed by atoms with E-state index < -0.39 is 17.8 Å². The van der Waals surface area contributed by atoms with Gasteiger partial charge in [0.1, 0.15) is 5.60 Å². The molecule has 2 rings (SSSR count). The summed E-state index contributed by atoms with van der Waals surface area (Å²) >= 11 is 0. The lowest BCUT2D eigenvalue weighted by Crippen LogP contribution is -2.43. The van der Waals surface area contributed by atoms with Crippen LogP contribution in [0.1, 0.15) is 46.5 Å². The van der Waals surface area contributed by atoms with E-state index in [1.54, 1.807) is 0 Å². The number of amides is 1. The molecule has 19 heavy (non-hydrogen) atoms. The zero-order valence-corrected chi connectivity index (χ0v) is 12.2. The summed E-state index contributed by atoms with van der Waals surface area (Å²) in [5.74, 6) is 0. The smallest absolute Gasteiger partial charge is 0.407 e. The quantitative estimate of drug-likeness (QED) is 0.673. The lowest BCUT2D eigenvalue weighted by molar-refractivity contribution is 0.0450. The number of hydrogen-bond acceptors (Lipinski definition) is 4. The fraction of sp³-hybridized carbons (Fsp3) is 0.929. The van der Waals surface area contributed by atoms with E-state index in [0.29, 0.717) is 0 Å². The van der Waals surface area contributed by atoms with Gasteiger partial charge in [0.25, 0.3) is 0 Å². The maximum atomic E-state index is 11.8. The Bertz CT molecular complexity index is 332. The van der Waals surface area contributed by atoms with Gasteiger partial charge in [-0.2, -0.15) is 0 Å². The standard InChI is InChI=1S/C14H26N2O3/c1-13(2,3)19-12(18)16-10-8-14(9-11(10)17)4-6-15-7-5-14/h10-11,15,17H,4-9H2,1-3H3,(H,16,18). The van der Waals surface area contributed by atoms with E-state index in [4.69, 9.17) is 4.74 Å². The third kappa shape index (κ3) is 3.83. The summed E-state index contributed by atoms with van der Waals surface area (Å²) < 4.78 is 5.25. The number of aliphatic hydroxyl groups excluding tert-OH is 1. The molecule has 0 aromatic carbocycles. The van der Waals surface area contributed by atoms with Crippen molar-refractivity contribution in [3.63, 3.8) is 0 Å². The molecule has 0 bridgehead atoms. The average molecular weight is 270 g/mol. The number of carbonyl (C=O) groups is 1. The second-order valence-electron chi connectivity index (χ2n) is 6.98. The molecule has 5 nitrogen and oxygen atoms in total. The molecule has 5 heteroatoms. The number of aliphatic hydroxyl groups is 1. The summed E-state index contributed by atoms with van der Waals surface area (Å²) in [6.45, 7) is 7.53. The molecule has 2 unspecified atom stereocenters. The molecule has 1 saturated heterocycles. The van der Waals surface area contributed by atoms with Crippen LogP contribution in [0.3, 0.4) is 0 Å². The predicted octanol–water partition coefficient (Wildman–Crippen LogP) is 1.40. The van der Waals surface area contributed by atoms with Gasteiger partial charge in [-0.15, -0.1) is 0 Å². The van der Waals surface area contributed by atoms with E-state index in [2.05, 4.69) is 10.6 Å². The first-order valence-corrected chi connectivity index (χ1v) is 7.18. The molecule has 1 spiro atoms. The second kappa shape index (κ2) is 5.29. The summed E-state index contributed by atoms with van der Waals surface area (Å²) in [7, 11) is 0. The van der Waals surface area contributed by atoms with Crippen molar-refractivity contribution in [2.24, 2.45) is 5.41 Å². The number of ether oxygens (including phenoxy) is 1. The van der Waals surface area contributed by atoms with E-state index in [-0.39, 0.29) is 11.5 Å². The Morgan fingerprint density at radius 2 is 1.95 bits per heavy atom. The van der Waals surface area contributed by atoms with Gasteiger partial charge in [0.15, 0.2) is 0 Å². The highest BCUT2D eigenvalue weighted by Crippen LogP contribution is 2.45. The van der Waals surface area contributed by atoms with Crippen molar-refractivity contribution in [2.75, 3.05) is 13.1 Å². The molecule has 0 aromatic heterocycles. The summed E-state index contributed by atoms with van der Waals surface area (Å²) in [6, 6.07) is -0.173. The molecular formula is C14H26N2O3. The van der Waals surface area contributed by atoms with Crippen LogP contribution < -0.4 is 10.6 Å². The first-order chi connectivity index (χ1) is 8.80. The summed E-state index contributed by atoms with van der Waals surface area (Å²) in [4.78, 5) is 11.8. The topological polar surface area (TPSA) is 70.6 Å². The second-order valence-corrected chi connectivity index (χ2v) is 6.98. The van der Waals surface area contributed by atoms with Crippen molar-refractivity contribution in [2.45, 2.75) is 64.2 Å². The molecule has 110 valence electrons. The minimum atomic E-state index is -0.500.